The summed E-state index contributed by atoms with van der Waals surface area (Å²) in [4.78, 5) is 10.1. The Bertz CT molecular complexity index is 476. The number of rotatable bonds is 2. The molecule has 0 fully saturated rings. The van der Waals surface area contributed by atoms with E-state index in [0.717, 1.165) is 0 Å². The molecule has 0 aliphatic heterocycles. The molecule has 92 valence electrons. The van der Waals surface area contributed by atoms with Crippen LogP contribution in [0.3, 0.4) is 0 Å². The first-order chi connectivity index (χ1) is 7.71. The van der Waals surface area contributed by atoms with Gasteiger partial charge in [0, 0.05) is 11.6 Å². The molecule has 0 saturated carbocycles. The smallest absolute Gasteiger partial charge is 0.419 e. The first kappa shape index (κ1) is 13.1. The molecule has 7 heteroatoms. The van der Waals surface area contributed by atoms with Gasteiger partial charge in [-0.05, 0) is 18.2 Å². The van der Waals surface area contributed by atoms with Crippen molar-refractivity contribution in [3.05, 3.63) is 41.0 Å². The van der Waals surface area contributed by atoms with E-state index in [9.17, 15) is 26.7 Å². The molecule has 0 spiro atoms. The molecule has 0 aliphatic rings. The first-order valence-corrected chi connectivity index (χ1v) is 4.19. The molecule has 2 nitrogen and oxygen atoms in total. The van der Waals surface area contributed by atoms with E-state index in [1.165, 1.54) is 0 Å². The Morgan fingerprint density at radius 1 is 1.18 bits per heavy atom. The summed E-state index contributed by atoms with van der Waals surface area (Å²) in [6.07, 6.45) is -3.84. The van der Waals surface area contributed by atoms with Crippen LogP contribution in [0.5, 0.6) is 0 Å². The zero-order valence-electron chi connectivity index (χ0n) is 8.05. The summed E-state index contributed by atoms with van der Waals surface area (Å²) < 4.78 is 62.5. The molecule has 0 atom stereocenters. The van der Waals surface area contributed by atoms with E-state index < -0.39 is 34.9 Å². The van der Waals surface area contributed by atoms with Crippen molar-refractivity contribution in [3.8, 4) is 0 Å². The van der Waals surface area contributed by atoms with Gasteiger partial charge in [-0.25, -0.2) is 13.6 Å². The predicted octanol–water partition coefficient (Wildman–Crippen LogP) is 3.08. The van der Waals surface area contributed by atoms with Gasteiger partial charge in [-0.3, -0.25) is 0 Å². The van der Waals surface area contributed by atoms with E-state index in [1.54, 1.807) is 0 Å². The van der Waals surface area contributed by atoms with E-state index >= 15 is 0 Å². The molecule has 17 heavy (non-hydrogen) atoms. The number of carboxylic acids is 1. The summed E-state index contributed by atoms with van der Waals surface area (Å²) in [5.41, 5.74) is -2.31. The van der Waals surface area contributed by atoms with Gasteiger partial charge in [0.05, 0.1) is 5.56 Å². The SMILES string of the molecule is O=C(O)C=Cc1cc(F)c(C(F)(F)F)cc1F. The molecule has 0 unspecified atom stereocenters. The molecule has 1 N–H and O–H groups in total. The summed E-state index contributed by atoms with van der Waals surface area (Å²) in [7, 11) is 0. The van der Waals surface area contributed by atoms with Crippen LogP contribution in [0.2, 0.25) is 0 Å². The molecule has 1 rings (SSSR count). The Morgan fingerprint density at radius 2 is 1.76 bits per heavy atom. The molecule has 1 aromatic rings. The van der Waals surface area contributed by atoms with Crippen molar-refractivity contribution < 1.29 is 31.9 Å². The van der Waals surface area contributed by atoms with Crippen LogP contribution in [0.1, 0.15) is 11.1 Å². The third-order valence-corrected chi connectivity index (χ3v) is 1.80. The molecule has 0 amide bonds. The first-order valence-electron chi connectivity index (χ1n) is 4.19. The van der Waals surface area contributed by atoms with Crippen molar-refractivity contribution in [1.29, 1.82) is 0 Å². The maximum absolute atomic E-state index is 13.1. The lowest BCUT2D eigenvalue weighted by Gasteiger charge is -2.08. The Labute approximate surface area is 92.0 Å². The second-order valence-corrected chi connectivity index (χ2v) is 3.02. The zero-order chi connectivity index (χ0) is 13.2. The van der Waals surface area contributed by atoms with Crippen LogP contribution in [0, 0.1) is 11.6 Å². The highest BCUT2D eigenvalue weighted by molar-refractivity contribution is 5.85. The Hall–Kier alpha value is -1.92. The number of aliphatic carboxylic acids is 1. The molecule has 1 aromatic carbocycles. The largest absolute Gasteiger partial charge is 0.478 e. The Kier molecular flexibility index (Phi) is 3.50. The number of alkyl halides is 3. The monoisotopic (exact) mass is 252 g/mol. The Morgan fingerprint density at radius 3 is 2.24 bits per heavy atom. The molecule has 0 saturated heterocycles. The highest BCUT2D eigenvalue weighted by Crippen LogP contribution is 2.32. The van der Waals surface area contributed by atoms with Crippen molar-refractivity contribution >= 4 is 12.0 Å². The maximum Gasteiger partial charge on any atom is 0.419 e. The van der Waals surface area contributed by atoms with Gasteiger partial charge >= 0.3 is 12.1 Å². The topological polar surface area (TPSA) is 37.3 Å². The van der Waals surface area contributed by atoms with Crippen LogP contribution >= 0.6 is 0 Å². The molecule has 0 bridgehead atoms. The number of hydrogen-bond acceptors (Lipinski definition) is 1. The van der Waals surface area contributed by atoms with Gasteiger partial charge in [0.15, 0.2) is 0 Å². The minimum absolute atomic E-state index is 0.0170. The van der Waals surface area contributed by atoms with Crippen LogP contribution in [0.25, 0.3) is 6.08 Å². The minimum Gasteiger partial charge on any atom is -0.478 e. The third kappa shape index (κ3) is 3.27. The van der Waals surface area contributed by atoms with Crippen LogP contribution in [0.15, 0.2) is 18.2 Å². The number of benzene rings is 1. The molecular formula is C10H5F5O2. The van der Waals surface area contributed by atoms with Gasteiger partial charge < -0.3 is 5.11 Å². The molecule has 0 heterocycles. The van der Waals surface area contributed by atoms with Crippen molar-refractivity contribution in [3.63, 3.8) is 0 Å². The second kappa shape index (κ2) is 4.52. The summed E-state index contributed by atoms with van der Waals surface area (Å²) in [5.74, 6) is -4.44. The maximum atomic E-state index is 13.1. The van der Waals surface area contributed by atoms with Gasteiger partial charge in [0.2, 0.25) is 0 Å². The molecule has 0 aromatic heterocycles. The average Bonchev–Trinajstić information content (AvgIpc) is 2.17. The van der Waals surface area contributed by atoms with Gasteiger partial charge in [-0.15, -0.1) is 0 Å². The van der Waals surface area contributed by atoms with E-state index in [1.807, 2.05) is 0 Å². The highest BCUT2D eigenvalue weighted by Gasteiger charge is 2.34. The van der Waals surface area contributed by atoms with E-state index in [0.29, 0.717) is 12.2 Å². The molecular weight excluding hydrogens is 247 g/mol. The van der Waals surface area contributed by atoms with Crippen LogP contribution in [0.4, 0.5) is 22.0 Å². The van der Waals surface area contributed by atoms with Crippen molar-refractivity contribution in [2.24, 2.45) is 0 Å². The highest BCUT2D eigenvalue weighted by atomic mass is 19.4. The molecule has 0 radical (unpaired) electrons. The standard InChI is InChI=1S/C10H5F5O2/c11-7-4-6(10(13,14)15)8(12)3-5(7)1-2-9(16)17/h1-4H,(H,16,17). The number of carboxylic acid groups (broad SMARTS) is 1. The minimum atomic E-state index is -5.00. The van der Waals surface area contributed by atoms with E-state index in [2.05, 4.69) is 0 Å². The van der Waals surface area contributed by atoms with Crippen LogP contribution < -0.4 is 0 Å². The quantitative estimate of drug-likeness (QED) is 0.648. The second-order valence-electron chi connectivity index (χ2n) is 3.02. The van der Waals surface area contributed by atoms with Gasteiger partial charge in [-0.2, -0.15) is 13.2 Å². The fourth-order valence-corrected chi connectivity index (χ4v) is 1.07. The molecule has 0 aliphatic carbocycles. The fraction of sp³-hybridized carbons (Fsp3) is 0.100. The van der Waals surface area contributed by atoms with E-state index in [-0.39, 0.29) is 12.1 Å². The van der Waals surface area contributed by atoms with Crippen LogP contribution in [-0.4, -0.2) is 11.1 Å². The van der Waals surface area contributed by atoms with E-state index in [4.69, 9.17) is 5.11 Å². The normalized spacial score (nSPS) is 12.1. The van der Waals surface area contributed by atoms with Crippen molar-refractivity contribution in [2.45, 2.75) is 6.18 Å². The zero-order valence-corrected chi connectivity index (χ0v) is 8.05. The van der Waals surface area contributed by atoms with Gasteiger partial charge in [-0.1, -0.05) is 0 Å². The number of carbonyl (C=O) groups is 1. The fourth-order valence-electron chi connectivity index (χ4n) is 1.07. The summed E-state index contributed by atoms with van der Waals surface area (Å²) in [6.45, 7) is 0. The predicted molar refractivity (Wildman–Crippen MR) is 48.0 cm³/mol. The van der Waals surface area contributed by atoms with Gasteiger partial charge in [0.1, 0.15) is 11.6 Å². The average molecular weight is 252 g/mol. The lowest BCUT2D eigenvalue weighted by molar-refractivity contribution is -0.140. The lowest BCUT2D eigenvalue weighted by Crippen LogP contribution is -2.09. The van der Waals surface area contributed by atoms with Crippen LogP contribution in [-0.2, 0) is 11.0 Å². The summed E-state index contributed by atoms with van der Waals surface area (Å²) in [6, 6.07) is 0.272. The third-order valence-electron chi connectivity index (χ3n) is 1.80. The number of hydrogen-bond donors (Lipinski definition) is 1. The summed E-state index contributed by atoms with van der Waals surface area (Å²) >= 11 is 0. The summed E-state index contributed by atoms with van der Waals surface area (Å²) in [5, 5.41) is 8.24. The van der Waals surface area contributed by atoms with Crippen molar-refractivity contribution in [2.75, 3.05) is 0 Å². The lowest BCUT2D eigenvalue weighted by atomic mass is 10.1. The van der Waals surface area contributed by atoms with Gasteiger partial charge in [0.25, 0.3) is 0 Å². The van der Waals surface area contributed by atoms with Crippen molar-refractivity contribution in [1.82, 2.24) is 0 Å². The number of halogens is 5. The Balaban J connectivity index is 3.23.